The molecule has 0 bridgehead atoms. The Morgan fingerprint density at radius 1 is 0.967 bits per heavy atom. The van der Waals surface area contributed by atoms with Crippen LogP contribution in [0.2, 0.25) is 0 Å². The monoisotopic (exact) mass is 397 g/mol. The summed E-state index contributed by atoms with van der Waals surface area (Å²) in [5.74, 6) is -0.0396. The van der Waals surface area contributed by atoms with Crippen molar-refractivity contribution in [3.63, 3.8) is 0 Å². The van der Waals surface area contributed by atoms with Gasteiger partial charge in [-0.1, -0.05) is 31.2 Å². The average molecular weight is 397 g/mol. The van der Waals surface area contributed by atoms with E-state index in [1.54, 1.807) is 10.8 Å². The Morgan fingerprint density at radius 2 is 1.73 bits per heavy atom. The Morgan fingerprint density at radius 3 is 2.43 bits per heavy atom. The fourth-order valence-electron chi connectivity index (χ4n) is 3.41. The number of aromatic nitrogens is 2. The molecule has 2 aromatic heterocycles. The van der Waals surface area contributed by atoms with Crippen LogP contribution in [0.4, 0.5) is 0 Å². The van der Waals surface area contributed by atoms with Crippen molar-refractivity contribution in [1.82, 2.24) is 14.9 Å². The number of nitrogens with zero attached hydrogens (tertiary/aromatic N) is 2. The molecule has 0 spiro atoms. The zero-order chi connectivity index (χ0) is 21.1. The SMILES string of the molecule is CCC(=O)n1ccc2cc(-c3ccc(C(=O)NCc4ccc(C)nc4)cc3)ccc21. The maximum atomic E-state index is 12.4. The van der Waals surface area contributed by atoms with Gasteiger partial charge in [-0.3, -0.25) is 19.1 Å². The van der Waals surface area contributed by atoms with Crippen molar-refractivity contribution in [2.45, 2.75) is 26.8 Å². The van der Waals surface area contributed by atoms with Crippen molar-refractivity contribution in [2.75, 3.05) is 0 Å². The van der Waals surface area contributed by atoms with E-state index in [-0.39, 0.29) is 11.8 Å². The van der Waals surface area contributed by atoms with E-state index in [0.717, 1.165) is 33.3 Å². The topological polar surface area (TPSA) is 64.0 Å². The first-order valence-corrected chi connectivity index (χ1v) is 9.99. The van der Waals surface area contributed by atoms with Gasteiger partial charge in [-0.05, 0) is 60.0 Å². The van der Waals surface area contributed by atoms with Crippen LogP contribution in [-0.4, -0.2) is 21.4 Å². The van der Waals surface area contributed by atoms with Crippen LogP contribution in [0.5, 0.6) is 0 Å². The summed E-state index contributed by atoms with van der Waals surface area (Å²) in [6.07, 6.45) is 4.06. The van der Waals surface area contributed by atoms with Crippen LogP contribution in [0, 0.1) is 6.92 Å². The van der Waals surface area contributed by atoms with Gasteiger partial charge < -0.3 is 5.32 Å². The first-order valence-electron chi connectivity index (χ1n) is 9.99. The second kappa shape index (κ2) is 8.33. The highest BCUT2D eigenvalue weighted by Gasteiger charge is 2.09. The van der Waals surface area contributed by atoms with E-state index in [4.69, 9.17) is 0 Å². The molecule has 0 radical (unpaired) electrons. The van der Waals surface area contributed by atoms with Gasteiger partial charge in [0, 0.05) is 42.0 Å². The lowest BCUT2D eigenvalue weighted by Crippen LogP contribution is -2.22. The number of rotatable bonds is 5. The number of amides is 1. The van der Waals surface area contributed by atoms with Crippen LogP contribution in [0.15, 0.2) is 73.1 Å². The fourth-order valence-corrected chi connectivity index (χ4v) is 3.41. The molecule has 0 saturated heterocycles. The van der Waals surface area contributed by atoms with Crippen molar-refractivity contribution in [3.05, 3.63) is 89.9 Å². The molecular formula is C25H23N3O2. The van der Waals surface area contributed by atoms with Gasteiger partial charge in [-0.25, -0.2) is 0 Å². The number of fused-ring (bicyclic) bond motifs is 1. The Hall–Kier alpha value is -3.73. The minimum Gasteiger partial charge on any atom is -0.348 e. The van der Waals surface area contributed by atoms with Crippen molar-refractivity contribution < 1.29 is 9.59 Å². The molecule has 2 aromatic carbocycles. The van der Waals surface area contributed by atoms with Gasteiger partial charge in [0.1, 0.15) is 0 Å². The first kappa shape index (κ1) is 19.6. The summed E-state index contributed by atoms with van der Waals surface area (Å²) in [7, 11) is 0. The van der Waals surface area contributed by atoms with Gasteiger partial charge in [-0.15, -0.1) is 0 Å². The summed E-state index contributed by atoms with van der Waals surface area (Å²) < 4.78 is 1.69. The van der Waals surface area contributed by atoms with Crippen molar-refractivity contribution >= 4 is 22.7 Å². The number of hydrogen-bond donors (Lipinski definition) is 1. The average Bonchev–Trinajstić information content (AvgIpc) is 3.21. The molecule has 0 atom stereocenters. The Labute approximate surface area is 175 Å². The summed E-state index contributed by atoms with van der Waals surface area (Å²) in [6, 6.07) is 19.4. The number of pyridine rings is 1. The number of aryl methyl sites for hydroxylation is 1. The largest absolute Gasteiger partial charge is 0.348 e. The quantitative estimate of drug-likeness (QED) is 0.516. The maximum absolute atomic E-state index is 12.4. The molecule has 0 aliphatic rings. The van der Waals surface area contributed by atoms with Crippen LogP contribution in [-0.2, 0) is 6.54 Å². The molecule has 0 unspecified atom stereocenters. The molecule has 4 rings (SSSR count). The van der Waals surface area contributed by atoms with Gasteiger partial charge in [-0.2, -0.15) is 0 Å². The van der Waals surface area contributed by atoms with Gasteiger partial charge in [0.25, 0.3) is 5.91 Å². The molecule has 0 aliphatic carbocycles. The summed E-state index contributed by atoms with van der Waals surface area (Å²) in [6.45, 7) is 4.23. The highest BCUT2D eigenvalue weighted by molar-refractivity contribution is 5.96. The highest BCUT2D eigenvalue weighted by Crippen LogP contribution is 2.26. The summed E-state index contributed by atoms with van der Waals surface area (Å²) >= 11 is 0. The normalized spacial score (nSPS) is 10.9. The van der Waals surface area contributed by atoms with E-state index in [2.05, 4.69) is 16.4 Å². The van der Waals surface area contributed by atoms with E-state index in [1.807, 2.05) is 74.6 Å². The van der Waals surface area contributed by atoms with Crippen LogP contribution in [0.25, 0.3) is 22.0 Å². The van der Waals surface area contributed by atoms with E-state index in [1.165, 1.54) is 0 Å². The highest BCUT2D eigenvalue weighted by atomic mass is 16.2. The van der Waals surface area contributed by atoms with E-state index in [9.17, 15) is 9.59 Å². The fraction of sp³-hybridized carbons (Fsp3) is 0.160. The second-order valence-corrected chi connectivity index (χ2v) is 7.27. The third kappa shape index (κ3) is 4.01. The van der Waals surface area contributed by atoms with E-state index >= 15 is 0 Å². The molecule has 0 fully saturated rings. The summed E-state index contributed by atoms with van der Waals surface area (Å²) in [5, 5.41) is 3.94. The van der Waals surface area contributed by atoms with Crippen molar-refractivity contribution in [3.8, 4) is 11.1 Å². The lowest BCUT2D eigenvalue weighted by Gasteiger charge is -2.08. The molecule has 30 heavy (non-hydrogen) atoms. The number of carbonyl (C=O) groups excluding carboxylic acids is 2. The van der Waals surface area contributed by atoms with Crippen LogP contribution < -0.4 is 5.32 Å². The third-order valence-corrected chi connectivity index (χ3v) is 5.17. The van der Waals surface area contributed by atoms with Crippen LogP contribution >= 0.6 is 0 Å². The number of benzene rings is 2. The van der Waals surface area contributed by atoms with Gasteiger partial charge in [0.05, 0.1) is 5.52 Å². The minimum atomic E-state index is -0.118. The Balaban J connectivity index is 1.48. The van der Waals surface area contributed by atoms with Crippen molar-refractivity contribution in [2.24, 2.45) is 0 Å². The van der Waals surface area contributed by atoms with Gasteiger partial charge in [0.2, 0.25) is 5.91 Å². The first-order chi connectivity index (χ1) is 14.5. The standard InChI is InChI=1S/C25H23N3O2/c1-3-24(29)28-13-12-22-14-21(10-11-23(22)28)19-6-8-20(9-7-19)25(30)27-16-18-5-4-17(2)26-15-18/h4-15H,3,16H2,1-2H3,(H,27,30). The zero-order valence-electron chi connectivity index (χ0n) is 17.1. The smallest absolute Gasteiger partial charge is 0.251 e. The zero-order valence-corrected chi connectivity index (χ0v) is 17.1. The summed E-state index contributed by atoms with van der Waals surface area (Å²) in [5.41, 5.74) is 5.50. The minimum absolute atomic E-state index is 0.0783. The van der Waals surface area contributed by atoms with E-state index < -0.39 is 0 Å². The molecule has 150 valence electrons. The van der Waals surface area contributed by atoms with Gasteiger partial charge >= 0.3 is 0 Å². The molecule has 0 saturated carbocycles. The predicted octanol–water partition coefficient (Wildman–Crippen LogP) is 4.99. The third-order valence-electron chi connectivity index (χ3n) is 5.17. The van der Waals surface area contributed by atoms with E-state index in [0.29, 0.717) is 18.5 Å². The molecule has 5 nitrogen and oxygen atoms in total. The second-order valence-electron chi connectivity index (χ2n) is 7.27. The molecule has 1 amide bonds. The molecule has 4 aromatic rings. The Bertz CT molecular complexity index is 1210. The maximum Gasteiger partial charge on any atom is 0.251 e. The van der Waals surface area contributed by atoms with Crippen LogP contribution in [0.3, 0.4) is 0 Å². The molecular weight excluding hydrogens is 374 g/mol. The number of nitrogens with one attached hydrogen (secondary N) is 1. The number of hydrogen-bond acceptors (Lipinski definition) is 3. The lowest BCUT2D eigenvalue weighted by molar-refractivity contribution is 0.0912. The number of carbonyl (C=O) groups is 2. The van der Waals surface area contributed by atoms with Crippen molar-refractivity contribution in [1.29, 1.82) is 0 Å². The van der Waals surface area contributed by atoms with Crippen LogP contribution in [0.1, 0.15) is 39.8 Å². The Kier molecular flexibility index (Phi) is 5.44. The molecule has 1 N–H and O–H groups in total. The molecule has 2 heterocycles. The summed E-state index contributed by atoms with van der Waals surface area (Å²) in [4.78, 5) is 28.7. The lowest BCUT2D eigenvalue weighted by atomic mass is 10.0. The predicted molar refractivity (Wildman–Crippen MR) is 118 cm³/mol. The molecule has 5 heteroatoms. The molecule has 0 aliphatic heterocycles. The van der Waals surface area contributed by atoms with Gasteiger partial charge in [0.15, 0.2) is 0 Å².